The van der Waals surface area contributed by atoms with Crippen molar-refractivity contribution >= 4 is 33.3 Å². The van der Waals surface area contributed by atoms with Gasteiger partial charge in [-0.2, -0.15) is 5.26 Å². The molecule has 33 heavy (non-hydrogen) atoms. The number of hydrogen-bond donors (Lipinski definition) is 3. The summed E-state index contributed by atoms with van der Waals surface area (Å²) in [6.45, 7) is 1.46. The van der Waals surface area contributed by atoms with Gasteiger partial charge >= 0.3 is 0 Å². The molecule has 0 amide bonds. The van der Waals surface area contributed by atoms with E-state index < -0.39 is 11.6 Å². The topological polar surface area (TPSA) is 107 Å². The van der Waals surface area contributed by atoms with Crippen molar-refractivity contribution in [2.75, 3.05) is 30.4 Å². The SMILES string of the molecule is CNc1cc(F)c(F)c2c1[nH]c1ncc(-c3cncc(C#N)c3)c(N3CC4(CCC4N)C3)c12. The molecule has 9 heteroatoms. The van der Waals surface area contributed by atoms with Crippen LogP contribution < -0.4 is 16.0 Å². The smallest absolute Gasteiger partial charge is 0.169 e. The number of pyridine rings is 2. The lowest BCUT2D eigenvalue weighted by molar-refractivity contribution is 0.0567. The quantitative estimate of drug-likeness (QED) is 0.442. The van der Waals surface area contributed by atoms with Crippen LogP contribution in [0.25, 0.3) is 33.1 Å². The van der Waals surface area contributed by atoms with Crippen LogP contribution in [0.4, 0.5) is 20.2 Å². The van der Waals surface area contributed by atoms with E-state index in [-0.39, 0.29) is 16.8 Å². The molecule has 4 heterocycles. The molecule has 1 saturated heterocycles. The average molecular weight is 445 g/mol. The number of anilines is 2. The first-order valence-electron chi connectivity index (χ1n) is 10.8. The van der Waals surface area contributed by atoms with Crippen LogP contribution in [-0.2, 0) is 0 Å². The summed E-state index contributed by atoms with van der Waals surface area (Å²) in [7, 11) is 1.66. The highest BCUT2D eigenvalue weighted by Crippen LogP contribution is 2.52. The zero-order chi connectivity index (χ0) is 22.9. The van der Waals surface area contributed by atoms with Gasteiger partial charge in [0.2, 0.25) is 0 Å². The van der Waals surface area contributed by atoms with Crippen LogP contribution in [0, 0.1) is 28.4 Å². The fourth-order valence-electron chi connectivity index (χ4n) is 5.31. The fourth-order valence-corrected chi connectivity index (χ4v) is 5.31. The number of aromatic nitrogens is 3. The van der Waals surface area contributed by atoms with Gasteiger partial charge in [-0.05, 0) is 18.9 Å². The van der Waals surface area contributed by atoms with Gasteiger partial charge in [-0.3, -0.25) is 4.98 Å². The van der Waals surface area contributed by atoms with Crippen molar-refractivity contribution in [1.29, 1.82) is 5.26 Å². The van der Waals surface area contributed by atoms with Crippen molar-refractivity contribution < 1.29 is 8.78 Å². The highest BCUT2D eigenvalue weighted by molar-refractivity contribution is 6.18. The third-order valence-corrected chi connectivity index (χ3v) is 7.28. The summed E-state index contributed by atoms with van der Waals surface area (Å²) in [5.74, 6) is -1.85. The van der Waals surface area contributed by atoms with Crippen LogP contribution in [-0.4, -0.2) is 41.1 Å². The highest BCUT2D eigenvalue weighted by Gasteiger charge is 2.53. The predicted molar refractivity (Wildman–Crippen MR) is 123 cm³/mol. The molecule has 3 aromatic heterocycles. The normalized spacial score (nSPS) is 18.9. The molecule has 1 saturated carbocycles. The van der Waals surface area contributed by atoms with E-state index in [0.717, 1.165) is 37.7 Å². The molecule has 1 atom stereocenters. The minimum atomic E-state index is -0.932. The molecule has 1 aliphatic carbocycles. The second-order valence-corrected chi connectivity index (χ2v) is 9.03. The summed E-state index contributed by atoms with van der Waals surface area (Å²) in [6.07, 6.45) is 6.90. The fraction of sp³-hybridized carbons (Fsp3) is 0.292. The first kappa shape index (κ1) is 19.9. The van der Waals surface area contributed by atoms with E-state index in [1.807, 2.05) is 0 Å². The number of fused-ring (bicyclic) bond motifs is 3. The lowest BCUT2D eigenvalue weighted by Gasteiger charge is -2.60. The van der Waals surface area contributed by atoms with Crippen LogP contribution in [0.15, 0.2) is 30.7 Å². The van der Waals surface area contributed by atoms with Gasteiger partial charge in [-0.1, -0.05) is 0 Å². The lowest BCUT2D eigenvalue weighted by Crippen LogP contribution is -2.69. The molecule has 2 aliphatic rings. The molecule has 2 fully saturated rings. The molecule has 1 aromatic carbocycles. The van der Waals surface area contributed by atoms with Gasteiger partial charge in [-0.25, -0.2) is 13.8 Å². The molecule has 4 N–H and O–H groups in total. The van der Waals surface area contributed by atoms with Crippen molar-refractivity contribution in [3.05, 3.63) is 47.9 Å². The summed E-state index contributed by atoms with van der Waals surface area (Å²) < 4.78 is 29.8. The molecule has 1 aliphatic heterocycles. The van der Waals surface area contributed by atoms with Gasteiger partial charge in [0, 0.05) is 67.4 Å². The third-order valence-electron chi connectivity index (χ3n) is 7.28. The Labute approximate surface area is 188 Å². The minimum Gasteiger partial charge on any atom is -0.386 e. The third kappa shape index (κ3) is 2.67. The zero-order valence-electron chi connectivity index (χ0n) is 17.9. The van der Waals surface area contributed by atoms with Gasteiger partial charge in [0.05, 0.1) is 33.2 Å². The van der Waals surface area contributed by atoms with Gasteiger partial charge in [-0.15, -0.1) is 0 Å². The van der Waals surface area contributed by atoms with Gasteiger partial charge in [0.1, 0.15) is 11.7 Å². The van der Waals surface area contributed by atoms with Crippen LogP contribution in [0.3, 0.4) is 0 Å². The van der Waals surface area contributed by atoms with Crippen molar-refractivity contribution in [1.82, 2.24) is 15.0 Å². The van der Waals surface area contributed by atoms with E-state index in [4.69, 9.17) is 5.73 Å². The summed E-state index contributed by atoms with van der Waals surface area (Å²) in [5, 5.41) is 13.0. The number of nitriles is 1. The molecule has 0 radical (unpaired) electrons. The number of nitrogens with one attached hydrogen (secondary N) is 2. The Hall–Kier alpha value is -3.77. The Balaban J connectivity index is 1.66. The zero-order valence-corrected chi connectivity index (χ0v) is 17.9. The van der Waals surface area contributed by atoms with E-state index in [9.17, 15) is 9.65 Å². The van der Waals surface area contributed by atoms with Gasteiger partial charge in [0.15, 0.2) is 11.6 Å². The number of H-pyrrole nitrogens is 1. The Kier molecular flexibility index (Phi) is 4.13. The Morgan fingerprint density at radius 3 is 2.73 bits per heavy atom. The van der Waals surface area contributed by atoms with Crippen LogP contribution >= 0.6 is 0 Å². The average Bonchev–Trinajstić information content (AvgIpc) is 3.19. The van der Waals surface area contributed by atoms with Gasteiger partial charge in [0.25, 0.3) is 0 Å². The molecule has 1 unspecified atom stereocenters. The van der Waals surface area contributed by atoms with Gasteiger partial charge < -0.3 is 20.9 Å². The largest absolute Gasteiger partial charge is 0.386 e. The Bertz CT molecular complexity index is 1480. The van der Waals surface area contributed by atoms with Crippen LogP contribution in [0.2, 0.25) is 0 Å². The molecule has 0 bridgehead atoms. The van der Waals surface area contributed by atoms with Crippen molar-refractivity contribution in [3.8, 4) is 17.2 Å². The number of hydrogen-bond acceptors (Lipinski definition) is 6. The molecular weight excluding hydrogens is 424 g/mol. The molecular formula is C24H21F2N7. The van der Waals surface area contributed by atoms with Crippen LogP contribution in [0.1, 0.15) is 18.4 Å². The number of nitrogens with two attached hydrogens (primary N) is 1. The minimum absolute atomic E-state index is 0.0612. The first-order valence-corrected chi connectivity index (χ1v) is 10.8. The van der Waals surface area contributed by atoms with Crippen molar-refractivity contribution in [2.45, 2.75) is 18.9 Å². The molecule has 4 aromatic rings. The number of aromatic amines is 1. The van der Waals surface area contributed by atoms with E-state index in [1.54, 1.807) is 25.5 Å². The van der Waals surface area contributed by atoms with Crippen molar-refractivity contribution in [2.24, 2.45) is 11.1 Å². The number of nitrogens with zero attached hydrogens (tertiary/aromatic N) is 4. The standard InChI is InChI=1S/C24H21F2N7/c1-29-16-5-15(25)20(26)18-19-22(33-10-24(11-33)3-2-17(24)28)14(9-31-23(19)32-21(16)18)13-4-12(6-27)7-30-8-13/h4-5,7-9,17,29H,2-3,10-11,28H2,1H3,(H,31,32). The number of halogens is 2. The first-order chi connectivity index (χ1) is 16.0. The molecule has 6 rings (SSSR count). The Morgan fingerprint density at radius 1 is 1.24 bits per heavy atom. The maximum absolute atomic E-state index is 15.2. The lowest BCUT2D eigenvalue weighted by atomic mass is 9.59. The maximum Gasteiger partial charge on any atom is 0.169 e. The van der Waals surface area contributed by atoms with E-state index >= 15 is 4.39 Å². The maximum atomic E-state index is 15.2. The predicted octanol–water partition coefficient (Wildman–Crippen LogP) is 3.90. The van der Waals surface area contributed by atoms with E-state index in [0.29, 0.717) is 38.9 Å². The molecule has 1 spiro atoms. The number of rotatable bonds is 3. The summed E-state index contributed by atoms with van der Waals surface area (Å²) in [6, 6.07) is 5.12. The summed E-state index contributed by atoms with van der Waals surface area (Å²) in [5.41, 5.74) is 10.3. The molecule has 7 nitrogen and oxygen atoms in total. The summed E-state index contributed by atoms with van der Waals surface area (Å²) >= 11 is 0. The monoisotopic (exact) mass is 445 g/mol. The van der Waals surface area contributed by atoms with E-state index in [1.165, 1.54) is 6.20 Å². The second kappa shape index (κ2) is 6.86. The Morgan fingerprint density at radius 2 is 2.06 bits per heavy atom. The second-order valence-electron chi connectivity index (χ2n) is 9.03. The van der Waals surface area contributed by atoms with Crippen molar-refractivity contribution in [3.63, 3.8) is 0 Å². The highest BCUT2D eigenvalue weighted by atomic mass is 19.2. The summed E-state index contributed by atoms with van der Waals surface area (Å²) in [4.78, 5) is 14.1. The number of benzene rings is 1. The molecule has 166 valence electrons. The van der Waals surface area contributed by atoms with Crippen LogP contribution in [0.5, 0.6) is 0 Å². The van der Waals surface area contributed by atoms with E-state index in [2.05, 4.69) is 31.2 Å².